The first-order valence-electron chi connectivity index (χ1n) is 10.5. The van der Waals surface area contributed by atoms with Crippen LogP contribution < -0.4 is 15.5 Å². The van der Waals surface area contributed by atoms with Crippen molar-refractivity contribution < 1.29 is 14.4 Å². The Morgan fingerprint density at radius 3 is 2.24 bits per heavy atom. The zero-order chi connectivity index (χ0) is 24.8. The number of likely N-dealkylation sites (N-methyl/N-ethyl adjacent to an activating group) is 2. The molecular weight excluding hydrogens is 454 g/mol. The Morgan fingerprint density at radius 1 is 0.912 bits per heavy atom. The molecule has 0 unspecified atom stereocenters. The number of hydrogen-bond donors (Lipinski definition) is 2. The first kappa shape index (κ1) is 24.9. The van der Waals surface area contributed by atoms with E-state index in [1.54, 1.807) is 66.5 Å². The number of benzene rings is 2. The molecule has 0 bridgehead atoms. The summed E-state index contributed by atoms with van der Waals surface area (Å²) in [7, 11) is 5.34. The molecule has 0 radical (unpaired) electrons. The van der Waals surface area contributed by atoms with E-state index in [0.29, 0.717) is 33.3 Å². The molecule has 3 amide bonds. The zero-order valence-electron chi connectivity index (χ0n) is 19.4. The van der Waals surface area contributed by atoms with Gasteiger partial charge in [-0.1, -0.05) is 23.2 Å². The summed E-state index contributed by atoms with van der Waals surface area (Å²) in [5.41, 5.74) is 2.60. The molecule has 0 fully saturated rings. The molecule has 3 aromatic rings. The zero-order valence-corrected chi connectivity index (χ0v) is 20.2. The average Bonchev–Trinajstić information content (AvgIpc) is 2.80. The third-order valence-corrected chi connectivity index (χ3v) is 5.20. The third-order valence-electron chi connectivity index (χ3n) is 4.98. The first-order valence-corrected chi connectivity index (χ1v) is 10.9. The number of carbonyl (C=O) groups is 3. The van der Waals surface area contributed by atoms with E-state index in [1.165, 1.54) is 11.1 Å². The highest BCUT2D eigenvalue weighted by atomic mass is 35.5. The van der Waals surface area contributed by atoms with Crippen molar-refractivity contribution in [1.29, 1.82) is 0 Å². The van der Waals surface area contributed by atoms with Crippen molar-refractivity contribution in [3.63, 3.8) is 0 Å². The normalized spacial score (nSPS) is 10.6. The van der Waals surface area contributed by atoms with Crippen LogP contribution in [0.15, 0.2) is 60.8 Å². The second kappa shape index (κ2) is 10.9. The summed E-state index contributed by atoms with van der Waals surface area (Å²) in [6, 6.07) is 15.1. The molecule has 1 aromatic heterocycles. The largest absolute Gasteiger partial charge is 0.321 e. The maximum atomic E-state index is 12.9. The number of anilines is 3. The van der Waals surface area contributed by atoms with Gasteiger partial charge in [-0.15, -0.1) is 0 Å². The third kappa shape index (κ3) is 6.40. The summed E-state index contributed by atoms with van der Waals surface area (Å²) >= 11 is 5.85. The van der Waals surface area contributed by atoms with Gasteiger partial charge in [0, 0.05) is 24.5 Å². The average molecular weight is 480 g/mol. The van der Waals surface area contributed by atoms with Gasteiger partial charge < -0.3 is 20.4 Å². The van der Waals surface area contributed by atoms with Crippen molar-refractivity contribution in [3.8, 4) is 0 Å². The van der Waals surface area contributed by atoms with Crippen molar-refractivity contribution in [1.82, 2.24) is 9.88 Å². The van der Waals surface area contributed by atoms with Crippen molar-refractivity contribution in [2.24, 2.45) is 0 Å². The van der Waals surface area contributed by atoms with Gasteiger partial charge in [-0.3, -0.25) is 14.4 Å². The molecule has 0 aliphatic carbocycles. The number of nitrogens with one attached hydrogen (secondary N) is 2. The minimum absolute atomic E-state index is 0.0623. The van der Waals surface area contributed by atoms with Gasteiger partial charge in [0.25, 0.3) is 11.8 Å². The number of amides is 3. The Labute approximate surface area is 203 Å². The van der Waals surface area contributed by atoms with Gasteiger partial charge in [-0.05, 0) is 69.6 Å². The number of pyridine rings is 1. The Hall–Kier alpha value is -3.75. The number of carbonyl (C=O) groups excluding carboxylic acids is 3. The molecule has 9 heteroatoms. The molecule has 0 saturated carbocycles. The number of halogens is 1. The Morgan fingerprint density at radius 2 is 1.62 bits per heavy atom. The van der Waals surface area contributed by atoms with E-state index < -0.39 is 5.91 Å². The fourth-order valence-electron chi connectivity index (χ4n) is 3.14. The molecule has 176 valence electrons. The Balaban J connectivity index is 1.75. The van der Waals surface area contributed by atoms with Gasteiger partial charge in [0.1, 0.15) is 5.82 Å². The molecule has 0 spiro atoms. The van der Waals surface area contributed by atoms with Gasteiger partial charge in [0.05, 0.1) is 22.8 Å². The van der Waals surface area contributed by atoms with E-state index in [2.05, 4.69) is 15.6 Å². The highest BCUT2D eigenvalue weighted by Crippen LogP contribution is 2.21. The fraction of sp³-hybridized carbons (Fsp3) is 0.200. The van der Waals surface area contributed by atoms with Crippen molar-refractivity contribution in [2.45, 2.75) is 6.92 Å². The van der Waals surface area contributed by atoms with Crippen LogP contribution in [0.25, 0.3) is 0 Å². The molecule has 0 saturated heterocycles. The van der Waals surface area contributed by atoms with Gasteiger partial charge in [0.15, 0.2) is 0 Å². The smallest absolute Gasteiger partial charge is 0.258 e. The van der Waals surface area contributed by atoms with Crippen molar-refractivity contribution in [3.05, 3.63) is 82.5 Å². The van der Waals surface area contributed by atoms with Crippen molar-refractivity contribution in [2.75, 3.05) is 43.2 Å². The number of rotatable bonds is 7. The summed E-state index contributed by atoms with van der Waals surface area (Å²) in [6.45, 7) is 2.14. The molecule has 0 aliphatic rings. The maximum absolute atomic E-state index is 12.9. The predicted molar refractivity (Wildman–Crippen MR) is 135 cm³/mol. The lowest BCUT2D eigenvalue weighted by Crippen LogP contribution is -2.35. The topological polar surface area (TPSA) is 94.6 Å². The van der Waals surface area contributed by atoms with E-state index in [0.717, 1.165) is 5.56 Å². The lowest BCUT2D eigenvalue weighted by atomic mass is 10.1. The molecule has 0 atom stereocenters. The van der Waals surface area contributed by atoms with Crippen LogP contribution in [0.5, 0.6) is 0 Å². The lowest BCUT2D eigenvalue weighted by molar-refractivity contribution is -0.118. The predicted octanol–water partition coefficient (Wildman–Crippen LogP) is 4.07. The highest BCUT2D eigenvalue weighted by Gasteiger charge is 2.17. The van der Waals surface area contributed by atoms with E-state index in [4.69, 9.17) is 11.6 Å². The van der Waals surface area contributed by atoms with Gasteiger partial charge in [-0.25, -0.2) is 4.98 Å². The van der Waals surface area contributed by atoms with E-state index in [-0.39, 0.29) is 18.4 Å². The van der Waals surface area contributed by atoms with Gasteiger partial charge in [0.2, 0.25) is 5.91 Å². The molecule has 2 aromatic carbocycles. The summed E-state index contributed by atoms with van der Waals surface area (Å²) in [4.78, 5) is 45.4. The quantitative estimate of drug-likeness (QED) is 0.532. The molecule has 0 aliphatic heterocycles. The molecule has 8 nitrogen and oxygen atoms in total. The van der Waals surface area contributed by atoms with Crippen LogP contribution in [0, 0.1) is 6.92 Å². The number of aromatic nitrogens is 1. The van der Waals surface area contributed by atoms with Gasteiger partial charge in [-0.2, -0.15) is 0 Å². The number of aryl methyl sites for hydroxylation is 1. The fourth-order valence-corrected chi connectivity index (χ4v) is 3.25. The summed E-state index contributed by atoms with van der Waals surface area (Å²) in [5, 5.41) is 5.97. The van der Waals surface area contributed by atoms with Gasteiger partial charge >= 0.3 is 0 Å². The molecule has 3 rings (SSSR count). The number of nitrogens with zero attached hydrogens (tertiary/aromatic N) is 3. The molecule has 1 heterocycles. The minimum atomic E-state index is -0.412. The van der Waals surface area contributed by atoms with E-state index in [9.17, 15) is 14.4 Å². The van der Waals surface area contributed by atoms with E-state index >= 15 is 0 Å². The summed E-state index contributed by atoms with van der Waals surface area (Å²) in [6.07, 6.45) is 1.44. The van der Waals surface area contributed by atoms with E-state index in [1.807, 2.05) is 21.0 Å². The van der Waals surface area contributed by atoms with Crippen LogP contribution in [0.1, 0.15) is 26.3 Å². The standard InChI is InChI=1S/C25H26ClN5O3/c1-16-5-11-21(20(13-16)25(34)29-22-12-8-18(26)14-27-22)28-24(33)17-6-9-19(10-7-17)31(4)23(32)15-30(2)3/h5-14H,15H2,1-4H3,(H,28,33)(H,27,29,34). The van der Waals surface area contributed by atoms with Crippen LogP contribution in [-0.4, -0.2) is 55.3 Å². The van der Waals surface area contributed by atoms with Crippen LogP contribution in [0.4, 0.5) is 17.2 Å². The monoisotopic (exact) mass is 479 g/mol. The molecule has 2 N–H and O–H groups in total. The lowest BCUT2D eigenvalue weighted by Gasteiger charge is -2.20. The Bertz CT molecular complexity index is 1190. The molecule has 34 heavy (non-hydrogen) atoms. The number of hydrogen-bond acceptors (Lipinski definition) is 5. The van der Waals surface area contributed by atoms with Crippen LogP contribution in [0.2, 0.25) is 5.02 Å². The maximum Gasteiger partial charge on any atom is 0.258 e. The van der Waals surface area contributed by atoms with Crippen LogP contribution >= 0.6 is 11.6 Å². The SMILES string of the molecule is Cc1ccc(NC(=O)c2ccc(N(C)C(=O)CN(C)C)cc2)c(C(=O)Nc2ccc(Cl)cn2)c1. The summed E-state index contributed by atoms with van der Waals surface area (Å²) in [5.74, 6) is -0.508. The Kier molecular flexibility index (Phi) is 7.99. The van der Waals surface area contributed by atoms with Crippen molar-refractivity contribution >= 4 is 46.5 Å². The minimum Gasteiger partial charge on any atom is -0.321 e. The highest BCUT2D eigenvalue weighted by molar-refractivity contribution is 6.30. The van der Waals surface area contributed by atoms with Crippen LogP contribution in [-0.2, 0) is 4.79 Å². The summed E-state index contributed by atoms with van der Waals surface area (Å²) < 4.78 is 0. The first-order chi connectivity index (χ1) is 16.1. The second-order valence-corrected chi connectivity index (χ2v) is 8.49. The molecular formula is C25H26ClN5O3. The van der Waals surface area contributed by atoms with Crippen LogP contribution in [0.3, 0.4) is 0 Å². The second-order valence-electron chi connectivity index (χ2n) is 8.06.